The standard InChI is InChI=1S/C15H23N3O/c1-12(19)15-6-5-13(10-16-15)18-9-8-17-7-3-2-4-14(17)11-18/h5-6,10,12,14,19H,2-4,7-9,11H2,1H3/t12-,14?/m0/s1. The third-order valence-electron chi connectivity index (χ3n) is 4.40. The molecule has 2 fully saturated rings. The van der Waals surface area contributed by atoms with E-state index in [4.69, 9.17) is 0 Å². The highest BCUT2D eigenvalue weighted by Crippen LogP contribution is 2.25. The van der Waals surface area contributed by atoms with Gasteiger partial charge in [0.1, 0.15) is 0 Å². The number of rotatable bonds is 2. The summed E-state index contributed by atoms with van der Waals surface area (Å²) in [5.74, 6) is 0. The van der Waals surface area contributed by atoms with E-state index >= 15 is 0 Å². The van der Waals surface area contributed by atoms with Crippen LogP contribution < -0.4 is 4.90 Å². The summed E-state index contributed by atoms with van der Waals surface area (Å²) in [4.78, 5) is 9.42. The molecule has 0 saturated carbocycles. The maximum absolute atomic E-state index is 9.50. The summed E-state index contributed by atoms with van der Waals surface area (Å²) in [7, 11) is 0. The lowest BCUT2D eigenvalue weighted by molar-refractivity contribution is 0.133. The van der Waals surface area contributed by atoms with Gasteiger partial charge in [0.2, 0.25) is 0 Å². The van der Waals surface area contributed by atoms with Crippen LogP contribution in [0.25, 0.3) is 0 Å². The van der Waals surface area contributed by atoms with Gasteiger partial charge in [-0.1, -0.05) is 6.42 Å². The van der Waals surface area contributed by atoms with E-state index in [0.717, 1.165) is 24.8 Å². The van der Waals surface area contributed by atoms with Crippen LogP contribution in [0.1, 0.15) is 38.0 Å². The molecule has 0 aliphatic carbocycles. The molecular formula is C15H23N3O. The van der Waals surface area contributed by atoms with Crippen molar-refractivity contribution in [1.29, 1.82) is 0 Å². The van der Waals surface area contributed by atoms with Crippen LogP contribution in [0.5, 0.6) is 0 Å². The lowest BCUT2D eigenvalue weighted by Crippen LogP contribution is -2.54. The van der Waals surface area contributed by atoms with E-state index in [0.29, 0.717) is 0 Å². The van der Waals surface area contributed by atoms with Gasteiger partial charge in [0.05, 0.1) is 23.7 Å². The molecule has 0 aromatic carbocycles. The van der Waals surface area contributed by atoms with Gasteiger partial charge in [0.25, 0.3) is 0 Å². The molecule has 4 nitrogen and oxygen atoms in total. The normalized spacial score (nSPS) is 26.0. The third kappa shape index (κ3) is 2.74. The van der Waals surface area contributed by atoms with Gasteiger partial charge in [-0.25, -0.2) is 0 Å². The molecule has 1 aromatic heterocycles. The van der Waals surface area contributed by atoms with E-state index in [1.54, 1.807) is 6.92 Å². The number of piperidine rings is 1. The van der Waals surface area contributed by atoms with Gasteiger partial charge in [-0.3, -0.25) is 9.88 Å². The monoisotopic (exact) mass is 261 g/mol. The number of nitrogens with zero attached hydrogens (tertiary/aromatic N) is 3. The van der Waals surface area contributed by atoms with Crippen LogP contribution in [-0.4, -0.2) is 47.2 Å². The molecule has 3 rings (SSSR count). The van der Waals surface area contributed by atoms with Crippen molar-refractivity contribution in [2.45, 2.75) is 38.3 Å². The van der Waals surface area contributed by atoms with E-state index in [-0.39, 0.29) is 0 Å². The van der Waals surface area contributed by atoms with E-state index in [2.05, 4.69) is 20.9 Å². The summed E-state index contributed by atoms with van der Waals surface area (Å²) >= 11 is 0. The number of anilines is 1. The van der Waals surface area contributed by atoms with Gasteiger partial charge >= 0.3 is 0 Å². The highest BCUT2D eigenvalue weighted by Gasteiger charge is 2.28. The molecule has 0 amide bonds. The second-order valence-corrected chi connectivity index (χ2v) is 5.75. The highest BCUT2D eigenvalue weighted by atomic mass is 16.3. The van der Waals surface area contributed by atoms with Crippen molar-refractivity contribution in [2.75, 3.05) is 31.1 Å². The number of fused-ring (bicyclic) bond motifs is 1. The molecule has 1 unspecified atom stereocenters. The van der Waals surface area contributed by atoms with E-state index in [1.165, 1.54) is 38.0 Å². The Kier molecular flexibility index (Phi) is 3.71. The predicted molar refractivity (Wildman–Crippen MR) is 76.3 cm³/mol. The fourth-order valence-electron chi connectivity index (χ4n) is 3.22. The van der Waals surface area contributed by atoms with E-state index in [9.17, 15) is 5.11 Å². The van der Waals surface area contributed by atoms with Gasteiger partial charge in [-0.2, -0.15) is 0 Å². The second-order valence-electron chi connectivity index (χ2n) is 5.75. The molecule has 0 bridgehead atoms. The van der Waals surface area contributed by atoms with Crippen LogP contribution in [0.3, 0.4) is 0 Å². The van der Waals surface area contributed by atoms with Crippen molar-refractivity contribution in [3.05, 3.63) is 24.0 Å². The Morgan fingerprint density at radius 1 is 1.26 bits per heavy atom. The maximum atomic E-state index is 9.50. The lowest BCUT2D eigenvalue weighted by Gasteiger charge is -2.44. The maximum Gasteiger partial charge on any atom is 0.0931 e. The fourth-order valence-corrected chi connectivity index (χ4v) is 3.22. The number of pyridine rings is 1. The Morgan fingerprint density at radius 3 is 2.89 bits per heavy atom. The van der Waals surface area contributed by atoms with Gasteiger partial charge < -0.3 is 10.0 Å². The van der Waals surface area contributed by atoms with E-state index < -0.39 is 6.10 Å². The fraction of sp³-hybridized carbons (Fsp3) is 0.667. The molecular weight excluding hydrogens is 238 g/mol. The first-order valence-corrected chi connectivity index (χ1v) is 7.37. The molecule has 19 heavy (non-hydrogen) atoms. The Bertz CT molecular complexity index is 418. The largest absolute Gasteiger partial charge is 0.387 e. The highest BCUT2D eigenvalue weighted by molar-refractivity contribution is 5.45. The van der Waals surface area contributed by atoms with Crippen molar-refractivity contribution in [3.8, 4) is 0 Å². The number of hydrogen-bond donors (Lipinski definition) is 1. The molecule has 2 aliphatic rings. The number of aliphatic hydroxyl groups excluding tert-OH is 1. The first-order valence-electron chi connectivity index (χ1n) is 7.37. The molecule has 2 saturated heterocycles. The van der Waals surface area contributed by atoms with Crippen LogP contribution in [0.2, 0.25) is 0 Å². The zero-order valence-corrected chi connectivity index (χ0v) is 11.6. The summed E-state index contributed by atoms with van der Waals surface area (Å²) in [5.41, 5.74) is 1.94. The molecule has 104 valence electrons. The van der Waals surface area contributed by atoms with Gasteiger partial charge in [0.15, 0.2) is 0 Å². The summed E-state index contributed by atoms with van der Waals surface area (Å²) < 4.78 is 0. The zero-order chi connectivity index (χ0) is 13.2. The van der Waals surface area contributed by atoms with Crippen molar-refractivity contribution < 1.29 is 5.11 Å². The molecule has 4 heteroatoms. The summed E-state index contributed by atoms with van der Waals surface area (Å²) in [6, 6.07) is 4.75. The van der Waals surface area contributed by atoms with Crippen LogP contribution in [0, 0.1) is 0 Å². The van der Waals surface area contributed by atoms with Crippen LogP contribution in [-0.2, 0) is 0 Å². The summed E-state index contributed by atoms with van der Waals surface area (Å²) in [6.07, 6.45) is 5.48. The lowest BCUT2D eigenvalue weighted by atomic mass is 9.99. The van der Waals surface area contributed by atoms with Crippen LogP contribution in [0.15, 0.2) is 18.3 Å². The topological polar surface area (TPSA) is 39.6 Å². The van der Waals surface area contributed by atoms with Crippen LogP contribution in [0.4, 0.5) is 5.69 Å². The minimum absolute atomic E-state index is 0.482. The smallest absolute Gasteiger partial charge is 0.0931 e. The van der Waals surface area contributed by atoms with Crippen molar-refractivity contribution in [1.82, 2.24) is 9.88 Å². The van der Waals surface area contributed by atoms with Crippen molar-refractivity contribution in [2.24, 2.45) is 0 Å². The zero-order valence-electron chi connectivity index (χ0n) is 11.6. The number of aromatic nitrogens is 1. The van der Waals surface area contributed by atoms with Gasteiger partial charge in [-0.05, 0) is 38.4 Å². The molecule has 2 atom stereocenters. The number of hydrogen-bond acceptors (Lipinski definition) is 4. The number of piperazine rings is 1. The Balaban J connectivity index is 1.69. The SMILES string of the molecule is C[C@H](O)c1ccc(N2CCN3CCCCC3C2)cn1. The molecule has 1 N–H and O–H groups in total. The van der Waals surface area contributed by atoms with E-state index in [1.807, 2.05) is 12.3 Å². The Hall–Kier alpha value is -1.13. The Labute approximate surface area is 115 Å². The average molecular weight is 261 g/mol. The van der Waals surface area contributed by atoms with Crippen LogP contribution >= 0.6 is 0 Å². The van der Waals surface area contributed by atoms with Gasteiger partial charge in [0, 0.05) is 25.7 Å². The molecule has 2 aliphatic heterocycles. The Morgan fingerprint density at radius 2 is 2.16 bits per heavy atom. The average Bonchev–Trinajstić information content (AvgIpc) is 2.47. The molecule has 0 radical (unpaired) electrons. The first kappa shape index (κ1) is 12.9. The third-order valence-corrected chi connectivity index (χ3v) is 4.40. The predicted octanol–water partition coefficient (Wildman–Crippen LogP) is 1.81. The molecule has 1 aromatic rings. The quantitative estimate of drug-likeness (QED) is 0.881. The first-order chi connectivity index (χ1) is 9.24. The molecule has 3 heterocycles. The minimum Gasteiger partial charge on any atom is -0.387 e. The summed E-state index contributed by atoms with van der Waals surface area (Å²) in [6.45, 7) is 6.41. The van der Waals surface area contributed by atoms with Crippen molar-refractivity contribution >= 4 is 5.69 Å². The van der Waals surface area contributed by atoms with Crippen molar-refractivity contribution in [3.63, 3.8) is 0 Å². The number of aliphatic hydroxyl groups is 1. The molecule has 0 spiro atoms. The van der Waals surface area contributed by atoms with Gasteiger partial charge in [-0.15, -0.1) is 0 Å². The minimum atomic E-state index is -0.482. The summed E-state index contributed by atoms with van der Waals surface area (Å²) in [5, 5.41) is 9.50. The second kappa shape index (κ2) is 5.47.